The van der Waals surface area contributed by atoms with Crippen LogP contribution in [0.3, 0.4) is 0 Å². The molecule has 1 aromatic carbocycles. The van der Waals surface area contributed by atoms with Crippen molar-refractivity contribution in [3.8, 4) is 11.5 Å². The topological polar surface area (TPSA) is 59.6 Å². The molecule has 5 nitrogen and oxygen atoms in total. The second-order valence-corrected chi connectivity index (χ2v) is 5.80. The van der Waals surface area contributed by atoms with Crippen molar-refractivity contribution >= 4 is 5.91 Å². The van der Waals surface area contributed by atoms with E-state index in [4.69, 9.17) is 9.47 Å². The molecule has 2 atom stereocenters. The second kappa shape index (κ2) is 6.35. The van der Waals surface area contributed by atoms with Crippen LogP contribution in [0.5, 0.6) is 11.5 Å². The predicted molar refractivity (Wildman–Crippen MR) is 79.9 cm³/mol. The zero-order chi connectivity index (χ0) is 14.7. The smallest absolute Gasteiger partial charge is 0.251 e. The quantitative estimate of drug-likeness (QED) is 0.884. The summed E-state index contributed by atoms with van der Waals surface area (Å²) in [5, 5.41) is 6.41. The fraction of sp³-hybridized carbons (Fsp3) is 0.562. The van der Waals surface area contributed by atoms with Crippen LogP contribution in [0.2, 0.25) is 0 Å². The first-order chi connectivity index (χ1) is 10.2. The molecule has 114 valence electrons. The van der Waals surface area contributed by atoms with Crippen molar-refractivity contribution in [2.45, 2.75) is 13.3 Å². The molecule has 0 spiro atoms. The molecule has 2 aliphatic rings. The summed E-state index contributed by atoms with van der Waals surface area (Å²) in [5.74, 6) is 2.46. The molecule has 2 aliphatic heterocycles. The molecule has 1 saturated heterocycles. The van der Waals surface area contributed by atoms with Gasteiger partial charge < -0.3 is 20.1 Å². The molecule has 0 radical (unpaired) electrons. The second-order valence-electron chi connectivity index (χ2n) is 5.80. The first-order valence-corrected chi connectivity index (χ1v) is 7.62. The number of fused-ring (bicyclic) bond motifs is 1. The van der Waals surface area contributed by atoms with Gasteiger partial charge in [0.15, 0.2) is 11.5 Å². The van der Waals surface area contributed by atoms with Gasteiger partial charge in [-0.3, -0.25) is 4.79 Å². The molecule has 1 aromatic rings. The molecule has 0 aromatic heterocycles. The van der Waals surface area contributed by atoms with Crippen molar-refractivity contribution in [2.75, 3.05) is 32.8 Å². The van der Waals surface area contributed by atoms with E-state index in [0.717, 1.165) is 13.1 Å². The number of carbonyl (C=O) groups excluding carboxylic acids is 1. The Morgan fingerprint density at radius 2 is 2.14 bits per heavy atom. The van der Waals surface area contributed by atoms with E-state index in [1.165, 1.54) is 6.42 Å². The van der Waals surface area contributed by atoms with Crippen molar-refractivity contribution in [3.63, 3.8) is 0 Å². The number of rotatable bonds is 3. The maximum atomic E-state index is 12.3. The van der Waals surface area contributed by atoms with Crippen LogP contribution in [0.1, 0.15) is 23.7 Å². The SMILES string of the molecule is CC1CCNCC1CNC(=O)c1ccc2c(c1)OCCO2. The molecule has 2 unspecified atom stereocenters. The molecule has 0 aliphatic carbocycles. The van der Waals surface area contributed by atoms with Crippen LogP contribution in [0.25, 0.3) is 0 Å². The van der Waals surface area contributed by atoms with Gasteiger partial charge in [0.1, 0.15) is 13.2 Å². The largest absolute Gasteiger partial charge is 0.486 e. The normalized spacial score (nSPS) is 24.4. The maximum absolute atomic E-state index is 12.3. The summed E-state index contributed by atoms with van der Waals surface area (Å²) in [6, 6.07) is 5.34. The lowest BCUT2D eigenvalue weighted by Crippen LogP contribution is -2.42. The maximum Gasteiger partial charge on any atom is 0.251 e. The summed E-state index contributed by atoms with van der Waals surface area (Å²) >= 11 is 0. The number of hydrogen-bond acceptors (Lipinski definition) is 4. The summed E-state index contributed by atoms with van der Waals surface area (Å²) in [4.78, 5) is 12.3. The van der Waals surface area contributed by atoms with Gasteiger partial charge in [0.05, 0.1) is 0 Å². The van der Waals surface area contributed by atoms with Gasteiger partial charge >= 0.3 is 0 Å². The summed E-state index contributed by atoms with van der Waals surface area (Å²) in [6.07, 6.45) is 1.17. The standard InChI is InChI=1S/C16H22N2O3/c1-11-4-5-17-9-13(11)10-18-16(19)12-2-3-14-15(8-12)21-7-6-20-14/h2-3,8,11,13,17H,4-7,9-10H2,1H3,(H,18,19). The van der Waals surface area contributed by atoms with E-state index in [2.05, 4.69) is 17.6 Å². The summed E-state index contributed by atoms with van der Waals surface area (Å²) < 4.78 is 11.0. The van der Waals surface area contributed by atoms with Crippen LogP contribution in [0.4, 0.5) is 0 Å². The lowest BCUT2D eigenvalue weighted by molar-refractivity contribution is 0.0937. The Labute approximate surface area is 125 Å². The highest BCUT2D eigenvalue weighted by molar-refractivity contribution is 5.94. The van der Waals surface area contributed by atoms with E-state index >= 15 is 0 Å². The third kappa shape index (κ3) is 3.29. The molecule has 0 bridgehead atoms. The van der Waals surface area contributed by atoms with Gasteiger partial charge in [0.2, 0.25) is 0 Å². The number of benzene rings is 1. The van der Waals surface area contributed by atoms with Crippen LogP contribution >= 0.6 is 0 Å². The van der Waals surface area contributed by atoms with Crippen LogP contribution in [-0.2, 0) is 0 Å². The third-order valence-electron chi connectivity index (χ3n) is 4.32. The van der Waals surface area contributed by atoms with Gasteiger partial charge in [0, 0.05) is 12.1 Å². The molecule has 2 N–H and O–H groups in total. The molecule has 21 heavy (non-hydrogen) atoms. The summed E-state index contributed by atoms with van der Waals surface area (Å²) in [5.41, 5.74) is 0.621. The Morgan fingerprint density at radius 3 is 2.95 bits per heavy atom. The number of hydrogen-bond donors (Lipinski definition) is 2. The number of ether oxygens (including phenoxy) is 2. The van der Waals surface area contributed by atoms with E-state index in [1.807, 2.05) is 0 Å². The predicted octanol–water partition coefficient (Wildman–Crippen LogP) is 1.43. The van der Waals surface area contributed by atoms with Crippen molar-refractivity contribution < 1.29 is 14.3 Å². The fourth-order valence-electron chi connectivity index (χ4n) is 2.84. The van der Waals surface area contributed by atoms with Crippen LogP contribution in [-0.4, -0.2) is 38.8 Å². The molecule has 3 rings (SSSR count). The average molecular weight is 290 g/mol. The summed E-state index contributed by atoms with van der Waals surface area (Å²) in [7, 11) is 0. The van der Waals surface area contributed by atoms with Crippen molar-refractivity contribution in [1.29, 1.82) is 0 Å². The minimum Gasteiger partial charge on any atom is -0.486 e. The van der Waals surface area contributed by atoms with Gasteiger partial charge in [-0.25, -0.2) is 0 Å². The van der Waals surface area contributed by atoms with Crippen molar-refractivity contribution in [2.24, 2.45) is 11.8 Å². The van der Waals surface area contributed by atoms with Crippen molar-refractivity contribution in [1.82, 2.24) is 10.6 Å². The third-order valence-corrected chi connectivity index (χ3v) is 4.32. The fourth-order valence-corrected chi connectivity index (χ4v) is 2.84. The van der Waals surface area contributed by atoms with Gasteiger partial charge in [-0.15, -0.1) is 0 Å². The molecule has 1 fully saturated rings. The van der Waals surface area contributed by atoms with Crippen molar-refractivity contribution in [3.05, 3.63) is 23.8 Å². The van der Waals surface area contributed by atoms with Crippen LogP contribution in [0.15, 0.2) is 18.2 Å². The highest BCUT2D eigenvalue weighted by atomic mass is 16.6. The van der Waals surface area contributed by atoms with E-state index < -0.39 is 0 Å². The first kappa shape index (κ1) is 14.2. The molecule has 0 saturated carbocycles. The van der Waals surface area contributed by atoms with Crippen LogP contribution in [0, 0.1) is 11.8 Å². The number of nitrogens with one attached hydrogen (secondary N) is 2. The number of carbonyl (C=O) groups is 1. The Hall–Kier alpha value is -1.75. The monoisotopic (exact) mass is 290 g/mol. The lowest BCUT2D eigenvalue weighted by atomic mass is 9.88. The van der Waals surface area contributed by atoms with E-state index in [0.29, 0.717) is 48.7 Å². The first-order valence-electron chi connectivity index (χ1n) is 7.62. The van der Waals surface area contributed by atoms with Gasteiger partial charge in [-0.1, -0.05) is 6.92 Å². The Morgan fingerprint density at radius 1 is 1.33 bits per heavy atom. The molecular formula is C16H22N2O3. The molecule has 5 heteroatoms. The lowest BCUT2D eigenvalue weighted by Gasteiger charge is -2.29. The number of amides is 1. The minimum atomic E-state index is -0.0512. The van der Waals surface area contributed by atoms with Crippen LogP contribution < -0.4 is 20.1 Å². The van der Waals surface area contributed by atoms with Gasteiger partial charge in [0.25, 0.3) is 5.91 Å². The van der Waals surface area contributed by atoms with E-state index in [-0.39, 0.29) is 5.91 Å². The zero-order valence-electron chi connectivity index (χ0n) is 12.4. The number of piperidine rings is 1. The minimum absolute atomic E-state index is 0.0512. The Balaban J connectivity index is 1.60. The van der Waals surface area contributed by atoms with E-state index in [1.54, 1.807) is 18.2 Å². The zero-order valence-corrected chi connectivity index (χ0v) is 12.4. The molecule has 1 amide bonds. The Bertz CT molecular complexity index is 518. The van der Waals surface area contributed by atoms with E-state index in [9.17, 15) is 4.79 Å². The highest BCUT2D eigenvalue weighted by Crippen LogP contribution is 2.30. The summed E-state index contributed by atoms with van der Waals surface area (Å²) in [6.45, 7) is 6.11. The van der Waals surface area contributed by atoms with Gasteiger partial charge in [-0.05, 0) is 49.5 Å². The highest BCUT2D eigenvalue weighted by Gasteiger charge is 2.22. The Kier molecular flexibility index (Phi) is 4.29. The van der Waals surface area contributed by atoms with Gasteiger partial charge in [-0.2, -0.15) is 0 Å². The molecule has 2 heterocycles. The average Bonchev–Trinajstić information content (AvgIpc) is 2.53. The molecular weight excluding hydrogens is 268 g/mol.